The van der Waals surface area contributed by atoms with Crippen molar-refractivity contribution >= 4 is 17.8 Å². The van der Waals surface area contributed by atoms with Gasteiger partial charge in [-0.15, -0.1) is 0 Å². The summed E-state index contributed by atoms with van der Waals surface area (Å²) in [6, 6.07) is -1.24. The van der Waals surface area contributed by atoms with Gasteiger partial charge in [0.05, 0.1) is 6.42 Å². The predicted octanol–water partition coefficient (Wildman–Crippen LogP) is -1.04. The minimum absolute atomic E-state index is 0.411. The predicted molar refractivity (Wildman–Crippen MR) is 48.2 cm³/mol. The van der Waals surface area contributed by atoms with Crippen LogP contribution in [0.2, 0.25) is 0 Å². The van der Waals surface area contributed by atoms with Crippen molar-refractivity contribution in [3.63, 3.8) is 0 Å². The third-order valence-corrected chi connectivity index (χ3v) is 1.67. The maximum atomic E-state index is 11.0. The molecule has 14 heavy (non-hydrogen) atoms. The molecule has 6 nitrogen and oxygen atoms in total. The van der Waals surface area contributed by atoms with Crippen LogP contribution in [0, 0.1) is 0 Å². The molecular weight excluding hydrogens is 188 g/mol. The first-order chi connectivity index (χ1) is 6.40. The van der Waals surface area contributed by atoms with Crippen LogP contribution >= 0.6 is 0 Å². The lowest BCUT2D eigenvalue weighted by Gasteiger charge is -2.22. The Morgan fingerprint density at radius 2 is 2.07 bits per heavy atom. The first kappa shape index (κ1) is 12.2. The summed E-state index contributed by atoms with van der Waals surface area (Å²) >= 11 is 0. The average molecular weight is 200 g/mol. The van der Waals surface area contributed by atoms with Crippen molar-refractivity contribution < 1.29 is 19.5 Å². The van der Waals surface area contributed by atoms with E-state index in [1.807, 2.05) is 0 Å². The van der Waals surface area contributed by atoms with Gasteiger partial charge in [-0.05, 0) is 6.08 Å². The first-order valence-corrected chi connectivity index (χ1v) is 3.80. The molecule has 0 bridgehead atoms. The molecule has 0 aliphatic heterocycles. The van der Waals surface area contributed by atoms with Crippen LogP contribution in [0.25, 0.3) is 0 Å². The van der Waals surface area contributed by atoms with Crippen molar-refractivity contribution in [2.75, 3.05) is 7.05 Å². The standard InChI is InChI=1S/C8H12N2O4/c1-3-7(12)10(2)5(8(13)14)4-6(9)11/h3,5H,1,4H2,2H3,(H2,9,11)(H,13,14)/t5-/m0/s1. The summed E-state index contributed by atoms with van der Waals surface area (Å²) < 4.78 is 0. The number of carbonyl (C=O) groups excluding carboxylic acids is 2. The molecule has 0 aromatic heterocycles. The molecule has 0 aliphatic rings. The molecule has 0 saturated carbocycles. The fourth-order valence-electron chi connectivity index (χ4n) is 0.878. The molecule has 3 N–H and O–H groups in total. The molecule has 78 valence electrons. The third kappa shape index (κ3) is 3.26. The maximum absolute atomic E-state index is 11.0. The van der Waals surface area contributed by atoms with E-state index < -0.39 is 30.2 Å². The van der Waals surface area contributed by atoms with Crippen molar-refractivity contribution in [1.82, 2.24) is 4.90 Å². The van der Waals surface area contributed by atoms with E-state index in [1.54, 1.807) is 0 Å². The molecule has 0 saturated heterocycles. The molecule has 0 unspecified atom stereocenters. The number of amides is 2. The number of rotatable bonds is 5. The summed E-state index contributed by atoms with van der Waals surface area (Å²) in [5.41, 5.74) is 4.84. The summed E-state index contributed by atoms with van der Waals surface area (Å²) in [6.45, 7) is 3.20. The minimum Gasteiger partial charge on any atom is -0.480 e. The zero-order valence-corrected chi connectivity index (χ0v) is 7.77. The minimum atomic E-state index is -1.28. The molecule has 0 aromatic rings. The third-order valence-electron chi connectivity index (χ3n) is 1.67. The molecule has 0 radical (unpaired) electrons. The van der Waals surface area contributed by atoms with E-state index in [0.717, 1.165) is 11.0 Å². The molecule has 0 spiro atoms. The van der Waals surface area contributed by atoms with Gasteiger partial charge in [-0.2, -0.15) is 0 Å². The van der Waals surface area contributed by atoms with Crippen LogP contribution < -0.4 is 5.73 Å². The van der Waals surface area contributed by atoms with Crippen LogP contribution in [0.15, 0.2) is 12.7 Å². The number of carboxylic acids is 1. The van der Waals surface area contributed by atoms with Gasteiger partial charge in [0.2, 0.25) is 11.8 Å². The molecule has 0 aliphatic carbocycles. The normalized spacial score (nSPS) is 11.5. The highest BCUT2D eigenvalue weighted by Gasteiger charge is 2.26. The number of primary amides is 1. The number of hydrogen-bond donors (Lipinski definition) is 2. The number of aliphatic carboxylic acids is 1. The van der Waals surface area contributed by atoms with Crippen LogP contribution in [-0.4, -0.2) is 40.9 Å². The van der Waals surface area contributed by atoms with Gasteiger partial charge < -0.3 is 15.7 Å². The fourth-order valence-corrected chi connectivity index (χ4v) is 0.878. The molecule has 1 atom stereocenters. The smallest absolute Gasteiger partial charge is 0.326 e. The monoisotopic (exact) mass is 200 g/mol. The van der Waals surface area contributed by atoms with Gasteiger partial charge in [0.25, 0.3) is 0 Å². The number of carbonyl (C=O) groups is 3. The molecule has 0 fully saturated rings. The molecule has 0 heterocycles. The highest BCUT2D eigenvalue weighted by Crippen LogP contribution is 2.02. The lowest BCUT2D eigenvalue weighted by molar-refractivity contribution is -0.149. The Labute approximate surface area is 81.0 Å². The van der Waals surface area contributed by atoms with Gasteiger partial charge in [-0.1, -0.05) is 6.58 Å². The van der Waals surface area contributed by atoms with Gasteiger partial charge in [-0.25, -0.2) is 4.79 Å². The lowest BCUT2D eigenvalue weighted by Crippen LogP contribution is -2.44. The van der Waals surface area contributed by atoms with Gasteiger partial charge in [0.1, 0.15) is 6.04 Å². The second-order valence-electron chi connectivity index (χ2n) is 2.68. The van der Waals surface area contributed by atoms with Gasteiger partial charge in [0.15, 0.2) is 0 Å². The average Bonchev–Trinajstić information content (AvgIpc) is 2.11. The summed E-state index contributed by atoms with van der Waals surface area (Å²) in [4.78, 5) is 33.1. The van der Waals surface area contributed by atoms with E-state index in [9.17, 15) is 14.4 Å². The van der Waals surface area contributed by atoms with Crippen molar-refractivity contribution in [2.45, 2.75) is 12.5 Å². The van der Waals surface area contributed by atoms with Crippen molar-refractivity contribution in [3.8, 4) is 0 Å². The SMILES string of the molecule is C=CC(=O)N(C)[C@@H](CC(N)=O)C(=O)O. The summed E-state index contributed by atoms with van der Waals surface area (Å²) in [5, 5.41) is 8.70. The number of nitrogens with zero attached hydrogens (tertiary/aromatic N) is 1. The van der Waals surface area contributed by atoms with E-state index in [2.05, 4.69) is 6.58 Å². The summed E-state index contributed by atoms with van der Waals surface area (Å²) in [5.74, 6) is -2.62. The molecular formula is C8H12N2O4. The van der Waals surface area contributed by atoms with Crippen LogP contribution in [-0.2, 0) is 14.4 Å². The van der Waals surface area contributed by atoms with E-state index in [-0.39, 0.29) is 0 Å². The summed E-state index contributed by atoms with van der Waals surface area (Å²) in [7, 11) is 1.27. The number of nitrogens with two attached hydrogens (primary N) is 1. The zero-order chi connectivity index (χ0) is 11.3. The fraction of sp³-hybridized carbons (Fsp3) is 0.375. The quantitative estimate of drug-likeness (QED) is 0.553. The molecule has 0 rings (SSSR count). The van der Waals surface area contributed by atoms with E-state index >= 15 is 0 Å². The Balaban J connectivity index is 4.64. The van der Waals surface area contributed by atoms with Crippen molar-refractivity contribution in [1.29, 1.82) is 0 Å². The van der Waals surface area contributed by atoms with Crippen LogP contribution in [0.5, 0.6) is 0 Å². The van der Waals surface area contributed by atoms with Crippen molar-refractivity contribution in [3.05, 3.63) is 12.7 Å². The Morgan fingerprint density at radius 3 is 2.36 bits per heavy atom. The Hall–Kier alpha value is -1.85. The van der Waals surface area contributed by atoms with Crippen molar-refractivity contribution in [2.24, 2.45) is 5.73 Å². The van der Waals surface area contributed by atoms with Gasteiger partial charge >= 0.3 is 5.97 Å². The number of carboxylic acid groups (broad SMARTS) is 1. The Morgan fingerprint density at radius 1 is 1.57 bits per heavy atom. The number of likely N-dealkylation sites (N-methyl/N-ethyl adjacent to an activating group) is 1. The molecule has 6 heteroatoms. The van der Waals surface area contributed by atoms with Crippen LogP contribution in [0.4, 0.5) is 0 Å². The Kier molecular flexibility index (Phi) is 4.34. The number of hydrogen-bond acceptors (Lipinski definition) is 3. The highest BCUT2D eigenvalue weighted by molar-refractivity contribution is 5.92. The second kappa shape index (κ2) is 5.00. The van der Waals surface area contributed by atoms with E-state index in [1.165, 1.54) is 7.05 Å². The van der Waals surface area contributed by atoms with E-state index in [0.29, 0.717) is 0 Å². The zero-order valence-electron chi connectivity index (χ0n) is 7.77. The largest absolute Gasteiger partial charge is 0.480 e. The maximum Gasteiger partial charge on any atom is 0.326 e. The van der Waals surface area contributed by atoms with Gasteiger partial charge in [-0.3, -0.25) is 9.59 Å². The second-order valence-corrected chi connectivity index (χ2v) is 2.68. The lowest BCUT2D eigenvalue weighted by atomic mass is 10.1. The van der Waals surface area contributed by atoms with Crippen LogP contribution in [0.1, 0.15) is 6.42 Å². The highest BCUT2D eigenvalue weighted by atomic mass is 16.4. The molecule has 0 aromatic carbocycles. The summed E-state index contributed by atoms with van der Waals surface area (Å²) in [6.07, 6.45) is 0.558. The molecule has 2 amide bonds. The first-order valence-electron chi connectivity index (χ1n) is 3.80. The van der Waals surface area contributed by atoms with Gasteiger partial charge in [0, 0.05) is 7.05 Å². The van der Waals surface area contributed by atoms with E-state index in [4.69, 9.17) is 10.8 Å². The topological polar surface area (TPSA) is 101 Å². The Bertz CT molecular complexity index is 275. The van der Waals surface area contributed by atoms with Crippen LogP contribution in [0.3, 0.4) is 0 Å².